The minimum absolute atomic E-state index is 0.268. The van der Waals surface area contributed by atoms with E-state index in [0.29, 0.717) is 0 Å². The van der Waals surface area contributed by atoms with E-state index in [9.17, 15) is 4.79 Å². The Morgan fingerprint density at radius 3 is 2.92 bits per heavy atom. The fraction of sp³-hybridized carbons (Fsp3) is 0.500. The van der Waals surface area contributed by atoms with Crippen LogP contribution in [0, 0.1) is 6.92 Å². The fourth-order valence-electron chi connectivity index (χ4n) is 3.83. The summed E-state index contributed by atoms with van der Waals surface area (Å²) in [6, 6.07) is 6.40. The lowest BCUT2D eigenvalue weighted by molar-refractivity contribution is -0.112. The molecule has 0 radical (unpaired) electrons. The highest BCUT2D eigenvalue weighted by molar-refractivity contribution is 5.76. The summed E-state index contributed by atoms with van der Waals surface area (Å²) in [6.07, 6.45) is 4.85. The number of fused-ring (bicyclic) bond motifs is 2. The van der Waals surface area contributed by atoms with Crippen molar-refractivity contribution in [3.05, 3.63) is 40.6 Å². The van der Waals surface area contributed by atoms with E-state index in [0.717, 1.165) is 66.8 Å². The smallest absolute Gasteiger partial charge is 0.130 e. The monoisotopic (exact) mass is 355 g/mol. The van der Waals surface area contributed by atoms with Gasteiger partial charge in [-0.15, -0.1) is 0 Å². The van der Waals surface area contributed by atoms with E-state index in [-0.39, 0.29) is 11.5 Å². The Hall–Kier alpha value is -2.34. The lowest BCUT2D eigenvalue weighted by Crippen LogP contribution is -2.32. The first kappa shape index (κ1) is 18.5. The zero-order valence-corrected chi connectivity index (χ0v) is 15.9. The van der Waals surface area contributed by atoms with Gasteiger partial charge in [-0.1, -0.05) is 18.2 Å². The second-order valence-corrected chi connectivity index (χ2v) is 7.65. The molecule has 4 rings (SSSR count). The first-order valence-electron chi connectivity index (χ1n) is 9.22. The van der Waals surface area contributed by atoms with Crippen molar-refractivity contribution in [3.8, 4) is 0 Å². The number of nitrogen functional groups attached to an aromatic ring is 1. The van der Waals surface area contributed by atoms with E-state index in [1.54, 1.807) is 4.68 Å². The Kier molecular flexibility index (Phi) is 5.05. The number of benzene rings is 1. The Morgan fingerprint density at radius 1 is 1.42 bits per heavy atom. The standard InChI is InChI=1S/C12H15NO.C8H14N4/c1-9-4-3-5-10-11(9)13-7-6-12(10,2)8-14;1-12-8(10)6-4-5(9)2-3-7(6)11-12/h3-5,8,13H,6-7H2,1-2H3;5H,2-4,9-10H2,1H3. The van der Waals surface area contributed by atoms with Crippen molar-refractivity contribution in [1.82, 2.24) is 9.78 Å². The molecule has 2 aromatic rings. The highest BCUT2D eigenvalue weighted by Crippen LogP contribution is 2.36. The van der Waals surface area contributed by atoms with Crippen LogP contribution in [0.5, 0.6) is 0 Å². The first-order valence-corrected chi connectivity index (χ1v) is 9.22. The quantitative estimate of drug-likeness (QED) is 0.680. The SMILES string of the molecule is Cc1cccc2c1NCCC2(C)C=O.Cn1nc2c(c1N)CC(N)CC2. The van der Waals surface area contributed by atoms with Crippen LogP contribution in [0.25, 0.3) is 0 Å². The highest BCUT2D eigenvalue weighted by atomic mass is 16.1. The maximum absolute atomic E-state index is 11.1. The molecule has 2 heterocycles. The number of hydrogen-bond donors (Lipinski definition) is 3. The molecule has 0 amide bonds. The number of nitrogens with zero attached hydrogens (tertiary/aromatic N) is 2. The van der Waals surface area contributed by atoms with Crippen molar-refractivity contribution < 1.29 is 4.79 Å². The molecule has 5 N–H and O–H groups in total. The summed E-state index contributed by atoms with van der Waals surface area (Å²) < 4.78 is 1.74. The molecule has 0 fully saturated rings. The molecule has 2 atom stereocenters. The van der Waals surface area contributed by atoms with E-state index in [4.69, 9.17) is 11.5 Å². The first-order chi connectivity index (χ1) is 12.4. The number of carbonyl (C=O) groups excluding carboxylic acids is 1. The van der Waals surface area contributed by atoms with Crippen molar-refractivity contribution >= 4 is 17.8 Å². The number of anilines is 2. The van der Waals surface area contributed by atoms with Gasteiger partial charge in [0.05, 0.1) is 11.1 Å². The number of aryl methyl sites for hydroxylation is 3. The van der Waals surface area contributed by atoms with Gasteiger partial charge in [0.15, 0.2) is 0 Å². The summed E-state index contributed by atoms with van der Waals surface area (Å²) in [5.74, 6) is 0.778. The van der Waals surface area contributed by atoms with Gasteiger partial charge in [-0.3, -0.25) is 4.68 Å². The molecule has 6 heteroatoms. The van der Waals surface area contributed by atoms with Crippen LogP contribution in [0.15, 0.2) is 18.2 Å². The summed E-state index contributed by atoms with van der Waals surface area (Å²) in [7, 11) is 1.87. The Bertz CT molecular complexity index is 813. The van der Waals surface area contributed by atoms with E-state index < -0.39 is 0 Å². The second-order valence-electron chi connectivity index (χ2n) is 7.65. The molecule has 0 bridgehead atoms. The molecule has 2 aliphatic rings. The van der Waals surface area contributed by atoms with Gasteiger partial charge < -0.3 is 21.6 Å². The zero-order chi connectivity index (χ0) is 18.9. The second kappa shape index (κ2) is 7.11. The number of hydrogen-bond acceptors (Lipinski definition) is 5. The number of aldehydes is 1. The third kappa shape index (κ3) is 3.33. The molecule has 6 nitrogen and oxygen atoms in total. The number of rotatable bonds is 1. The third-order valence-electron chi connectivity index (χ3n) is 5.59. The van der Waals surface area contributed by atoms with Crippen LogP contribution >= 0.6 is 0 Å². The van der Waals surface area contributed by atoms with Crippen LogP contribution in [-0.4, -0.2) is 28.7 Å². The zero-order valence-electron chi connectivity index (χ0n) is 15.9. The average Bonchev–Trinajstić information content (AvgIpc) is 2.91. The molecular formula is C20H29N5O. The topological polar surface area (TPSA) is 99.0 Å². The van der Waals surface area contributed by atoms with Crippen molar-refractivity contribution in [1.29, 1.82) is 0 Å². The van der Waals surface area contributed by atoms with Gasteiger partial charge in [-0.25, -0.2) is 0 Å². The van der Waals surface area contributed by atoms with E-state index in [1.807, 2.05) is 26.1 Å². The summed E-state index contributed by atoms with van der Waals surface area (Å²) >= 11 is 0. The van der Waals surface area contributed by atoms with E-state index in [1.165, 1.54) is 5.56 Å². The normalized spacial score (nSPS) is 23.8. The number of para-hydroxylation sites is 1. The summed E-state index contributed by atoms with van der Waals surface area (Å²) in [6.45, 7) is 4.97. The van der Waals surface area contributed by atoms with Crippen LogP contribution in [0.3, 0.4) is 0 Å². The van der Waals surface area contributed by atoms with Gasteiger partial charge >= 0.3 is 0 Å². The lowest BCUT2D eigenvalue weighted by atomic mass is 9.77. The molecule has 2 unspecified atom stereocenters. The van der Waals surface area contributed by atoms with Crippen molar-refractivity contribution in [3.63, 3.8) is 0 Å². The minimum atomic E-state index is -0.299. The molecule has 0 spiro atoms. The predicted molar refractivity (Wildman–Crippen MR) is 105 cm³/mol. The molecule has 140 valence electrons. The summed E-state index contributed by atoms with van der Waals surface area (Å²) in [4.78, 5) is 11.1. The van der Waals surface area contributed by atoms with Crippen LogP contribution in [0.4, 0.5) is 11.5 Å². The highest BCUT2D eigenvalue weighted by Gasteiger charge is 2.32. The Balaban J connectivity index is 0.000000152. The molecule has 0 saturated carbocycles. The molecule has 26 heavy (non-hydrogen) atoms. The summed E-state index contributed by atoms with van der Waals surface area (Å²) in [5, 5.41) is 7.68. The number of aromatic nitrogens is 2. The number of nitrogens with one attached hydrogen (secondary N) is 1. The van der Waals surface area contributed by atoms with Gasteiger partial charge in [0.1, 0.15) is 12.1 Å². The molecule has 1 aromatic carbocycles. The van der Waals surface area contributed by atoms with Gasteiger partial charge in [-0.2, -0.15) is 5.10 Å². The Morgan fingerprint density at radius 2 is 2.19 bits per heavy atom. The fourth-order valence-corrected chi connectivity index (χ4v) is 3.83. The van der Waals surface area contributed by atoms with Crippen molar-refractivity contribution in [2.24, 2.45) is 12.8 Å². The third-order valence-corrected chi connectivity index (χ3v) is 5.59. The Labute approximate surface area is 154 Å². The maximum Gasteiger partial charge on any atom is 0.130 e. The van der Waals surface area contributed by atoms with Crippen LogP contribution < -0.4 is 16.8 Å². The molecule has 1 aliphatic heterocycles. The molecular weight excluding hydrogens is 326 g/mol. The van der Waals surface area contributed by atoms with Crippen LogP contribution in [-0.2, 0) is 30.1 Å². The predicted octanol–water partition coefficient (Wildman–Crippen LogP) is 2.09. The molecule has 0 saturated heterocycles. The largest absolute Gasteiger partial charge is 0.385 e. The number of nitrogens with two attached hydrogens (primary N) is 2. The van der Waals surface area contributed by atoms with E-state index >= 15 is 0 Å². The number of carbonyl (C=O) groups is 1. The van der Waals surface area contributed by atoms with Crippen LogP contribution in [0.2, 0.25) is 0 Å². The van der Waals surface area contributed by atoms with Gasteiger partial charge in [-0.05, 0) is 50.7 Å². The van der Waals surface area contributed by atoms with Crippen LogP contribution in [0.1, 0.15) is 42.1 Å². The average molecular weight is 355 g/mol. The molecule has 1 aliphatic carbocycles. The molecule has 1 aromatic heterocycles. The van der Waals surface area contributed by atoms with Gasteiger partial charge in [0.25, 0.3) is 0 Å². The summed E-state index contributed by atoms with van der Waals surface area (Å²) in [5.41, 5.74) is 17.2. The minimum Gasteiger partial charge on any atom is -0.385 e. The van der Waals surface area contributed by atoms with E-state index in [2.05, 4.69) is 23.4 Å². The van der Waals surface area contributed by atoms with Gasteiger partial charge in [0, 0.05) is 30.9 Å². The lowest BCUT2D eigenvalue weighted by Gasteiger charge is -2.32. The van der Waals surface area contributed by atoms with Crippen molar-refractivity contribution in [2.75, 3.05) is 17.6 Å². The van der Waals surface area contributed by atoms with Gasteiger partial charge in [0.2, 0.25) is 0 Å². The van der Waals surface area contributed by atoms with Crippen molar-refractivity contribution in [2.45, 2.75) is 51.0 Å². The maximum atomic E-state index is 11.1.